The van der Waals surface area contributed by atoms with Crippen LogP contribution in [0.5, 0.6) is 0 Å². The second kappa shape index (κ2) is 6.30. The van der Waals surface area contributed by atoms with E-state index in [9.17, 15) is 8.42 Å². The van der Waals surface area contributed by atoms with E-state index in [1.165, 1.54) is 0 Å². The molecule has 0 bridgehead atoms. The Balaban J connectivity index is 2.88. The fraction of sp³-hybridized carbons (Fsp3) is 0.917. The Kier molecular flexibility index (Phi) is 5.55. The predicted molar refractivity (Wildman–Crippen MR) is 79.0 cm³/mol. The summed E-state index contributed by atoms with van der Waals surface area (Å²) >= 11 is 5.05. The summed E-state index contributed by atoms with van der Waals surface area (Å²) in [4.78, 5) is 0.242. The summed E-state index contributed by atoms with van der Waals surface area (Å²) in [7, 11) is -3.33. The number of hydrogen-bond donors (Lipinski definition) is 2. The molecule has 3 N–H and O–H groups in total. The van der Waals surface area contributed by atoms with Crippen molar-refractivity contribution >= 4 is 27.2 Å². The lowest BCUT2D eigenvalue weighted by atomic mass is 9.94. The zero-order valence-corrected chi connectivity index (χ0v) is 12.9. The molecule has 4 nitrogen and oxygen atoms in total. The Labute approximate surface area is 116 Å². The molecule has 0 unspecified atom stereocenters. The maximum atomic E-state index is 12.4. The van der Waals surface area contributed by atoms with Crippen LogP contribution in [0.15, 0.2) is 0 Å². The minimum Gasteiger partial charge on any atom is -0.392 e. The van der Waals surface area contributed by atoms with Gasteiger partial charge in [0.05, 0.1) is 15.8 Å². The number of thiocarbonyl (C=S) groups is 1. The minimum atomic E-state index is -3.33. The first kappa shape index (κ1) is 15.9. The van der Waals surface area contributed by atoms with E-state index in [4.69, 9.17) is 18.0 Å². The number of rotatable bonds is 6. The van der Waals surface area contributed by atoms with Gasteiger partial charge in [0.15, 0.2) is 0 Å². The van der Waals surface area contributed by atoms with Crippen molar-refractivity contribution in [2.75, 3.05) is 0 Å². The normalized spacial score (nSPS) is 18.8. The van der Waals surface area contributed by atoms with E-state index in [0.717, 1.165) is 32.1 Å². The summed E-state index contributed by atoms with van der Waals surface area (Å²) < 4.78 is 27.6. The topological polar surface area (TPSA) is 72.2 Å². The van der Waals surface area contributed by atoms with Gasteiger partial charge in [-0.3, -0.25) is 0 Å². The number of nitrogens with two attached hydrogens (primary N) is 1. The molecule has 1 rings (SSSR count). The summed E-state index contributed by atoms with van der Waals surface area (Å²) in [6.45, 7) is 3.82. The molecule has 1 saturated carbocycles. The molecule has 1 fully saturated rings. The van der Waals surface area contributed by atoms with Crippen molar-refractivity contribution in [3.05, 3.63) is 0 Å². The Hall–Kier alpha value is -0.200. The monoisotopic (exact) mass is 292 g/mol. The second-order valence-corrected chi connectivity index (χ2v) is 7.46. The maximum Gasteiger partial charge on any atom is 0.215 e. The van der Waals surface area contributed by atoms with Gasteiger partial charge in [-0.15, -0.1) is 0 Å². The molecule has 0 spiro atoms. The van der Waals surface area contributed by atoms with Crippen LogP contribution < -0.4 is 10.5 Å². The molecule has 0 radical (unpaired) electrons. The highest BCUT2D eigenvalue weighted by Gasteiger charge is 2.37. The van der Waals surface area contributed by atoms with Crippen LogP contribution in [-0.4, -0.2) is 24.2 Å². The van der Waals surface area contributed by atoms with Crippen LogP contribution in [0.3, 0.4) is 0 Å². The molecule has 0 atom stereocenters. The third-order valence-electron chi connectivity index (χ3n) is 4.01. The van der Waals surface area contributed by atoms with E-state index >= 15 is 0 Å². The van der Waals surface area contributed by atoms with E-state index in [-0.39, 0.29) is 10.2 Å². The van der Waals surface area contributed by atoms with Crippen molar-refractivity contribution < 1.29 is 8.42 Å². The van der Waals surface area contributed by atoms with Gasteiger partial charge >= 0.3 is 0 Å². The minimum absolute atomic E-state index is 0.242. The van der Waals surface area contributed by atoms with Crippen LogP contribution in [0.4, 0.5) is 0 Å². The average Bonchev–Trinajstić information content (AvgIpc) is 2.37. The van der Waals surface area contributed by atoms with Gasteiger partial charge in [-0.25, -0.2) is 13.1 Å². The molecule has 0 saturated heterocycles. The summed E-state index contributed by atoms with van der Waals surface area (Å²) in [6, 6.07) is 0. The zero-order chi connectivity index (χ0) is 13.8. The lowest BCUT2D eigenvalue weighted by Gasteiger charge is -2.34. The van der Waals surface area contributed by atoms with E-state index in [1.807, 2.05) is 13.8 Å². The second-order valence-electron chi connectivity index (χ2n) is 5.06. The van der Waals surface area contributed by atoms with Crippen LogP contribution in [0.2, 0.25) is 0 Å². The first-order valence-corrected chi connectivity index (χ1v) is 8.66. The Bertz CT molecular complexity index is 383. The summed E-state index contributed by atoms with van der Waals surface area (Å²) in [5.41, 5.74) is 4.98. The van der Waals surface area contributed by atoms with Crippen molar-refractivity contribution in [1.29, 1.82) is 0 Å². The van der Waals surface area contributed by atoms with E-state index in [1.54, 1.807) is 0 Å². The van der Waals surface area contributed by atoms with Gasteiger partial charge in [0.1, 0.15) is 0 Å². The first-order chi connectivity index (χ1) is 8.38. The van der Waals surface area contributed by atoms with E-state index in [2.05, 4.69) is 4.72 Å². The average molecular weight is 292 g/mol. The highest BCUT2D eigenvalue weighted by atomic mass is 32.2. The zero-order valence-electron chi connectivity index (χ0n) is 11.2. The summed E-state index contributed by atoms with van der Waals surface area (Å²) in [5, 5.41) is -0.280. The largest absolute Gasteiger partial charge is 0.392 e. The number of hydrogen-bond acceptors (Lipinski definition) is 3. The van der Waals surface area contributed by atoms with Gasteiger partial charge in [-0.2, -0.15) is 0 Å². The smallest absolute Gasteiger partial charge is 0.215 e. The third-order valence-corrected chi connectivity index (χ3v) is 6.42. The quantitative estimate of drug-likeness (QED) is 0.735. The lowest BCUT2D eigenvalue weighted by molar-refractivity contribution is 0.438. The van der Waals surface area contributed by atoms with E-state index in [0.29, 0.717) is 12.8 Å². The molecule has 0 aromatic heterocycles. The van der Waals surface area contributed by atoms with Crippen LogP contribution in [0.1, 0.15) is 58.8 Å². The molecule has 1 aliphatic carbocycles. The van der Waals surface area contributed by atoms with Crippen LogP contribution in [-0.2, 0) is 10.0 Å². The Morgan fingerprint density at radius 2 is 1.78 bits per heavy atom. The maximum absolute atomic E-state index is 12.4. The van der Waals surface area contributed by atoms with Crippen molar-refractivity contribution in [3.63, 3.8) is 0 Å². The number of sulfonamides is 1. The van der Waals surface area contributed by atoms with Gasteiger partial charge in [-0.1, -0.05) is 45.3 Å². The van der Waals surface area contributed by atoms with Gasteiger partial charge < -0.3 is 5.73 Å². The van der Waals surface area contributed by atoms with Gasteiger partial charge in [0.2, 0.25) is 10.0 Å². The van der Waals surface area contributed by atoms with Gasteiger partial charge in [-0.05, 0) is 25.7 Å². The van der Waals surface area contributed by atoms with Crippen molar-refractivity contribution in [2.24, 2.45) is 5.73 Å². The van der Waals surface area contributed by atoms with E-state index < -0.39 is 15.6 Å². The van der Waals surface area contributed by atoms with Crippen LogP contribution in [0, 0.1) is 0 Å². The molecule has 106 valence electrons. The molecule has 18 heavy (non-hydrogen) atoms. The summed E-state index contributed by atoms with van der Waals surface area (Å²) in [6.07, 6.45) is 5.78. The fourth-order valence-corrected chi connectivity index (χ4v) is 4.99. The third kappa shape index (κ3) is 3.42. The molecule has 0 amide bonds. The van der Waals surface area contributed by atoms with Crippen LogP contribution in [0.25, 0.3) is 0 Å². The standard InChI is InChI=1S/C12H24N2O2S2/c1-3-12(4-2,11(13)17)14-18(15,16)10-8-6-5-7-9-10/h10,14H,3-9H2,1-2H3,(H2,13,17). The lowest BCUT2D eigenvalue weighted by Crippen LogP contribution is -2.57. The molecule has 6 heteroatoms. The van der Waals surface area contributed by atoms with Gasteiger partial charge in [0.25, 0.3) is 0 Å². The summed E-state index contributed by atoms with van der Waals surface area (Å²) in [5.74, 6) is 0. The SMILES string of the molecule is CCC(CC)(NS(=O)(=O)C1CCCCC1)C(N)=S. The molecule has 0 heterocycles. The molecule has 0 aromatic rings. The Morgan fingerprint density at radius 1 is 1.28 bits per heavy atom. The van der Waals surface area contributed by atoms with Crippen LogP contribution >= 0.6 is 12.2 Å². The number of nitrogens with one attached hydrogen (secondary N) is 1. The fourth-order valence-electron chi connectivity index (χ4n) is 2.52. The molecule has 1 aliphatic rings. The molecular weight excluding hydrogens is 268 g/mol. The highest BCUT2D eigenvalue weighted by Crippen LogP contribution is 2.26. The first-order valence-electron chi connectivity index (χ1n) is 6.70. The predicted octanol–water partition coefficient (Wildman–Crippen LogP) is 2.08. The molecular formula is C12H24N2O2S2. The Morgan fingerprint density at radius 3 is 2.17 bits per heavy atom. The van der Waals surface area contributed by atoms with Crippen molar-refractivity contribution in [1.82, 2.24) is 4.72 Å². The molecule has 0 aromatic carbocycles. The van der Waals surface area contributed by atoms with Crippen molar-refractivity contribution in [3.8, 4) is 0 Å². The molecule has 0 aliphatic heterocycles. The highest BCUT2D eigenvalue weighted by molar-refractivity contribution is 7.90. The van der Waals surface area contributed by atoms with Crippen molar-refractivity contribution in [2.45, 2.75) is 69.6 Å². The van der Waals surface area contributed by atoms with Gasteiger partial charge in [0, 0.05) is 0 Å².